The number of aromatic nitrogens is 1. The van der Waals surface area contributed by atoms with Crippen molar-refractivity contribution in [3.63, 3.8) is 0 Å². The minimum atomic E-state index is 0.0475. The molecule has 18 heavy (non-hydrogen) atoms. The van der Waals surface area contributed by atoms with Gasteiger partial charge in [-0.1, -0.05) is 13.8 Å². The number of aliphatic hydroxyl groups excluding tert-OH is 1. The van der Waals surface area contributed by atoms with Gasteiger partial charge in [0.1, 0.15) is 5.82 Å². The number of rotatable bonds is 3. The van der Waals surface area contributed by atoms with Crippen LogP contribution in [0.15, 0.2) is 16.7 Å². The average molecular weight is 313 g/mol. The molecule has 4 heteroatoms. The maximum Gasteiger partial charge on any atom is 0.134 e. The predicted octanol–water partition coefficient (Wildman–Crippen LogP) is 3.21. The van der Waals surface area contributed by atoms with Gasteiger partial charge in [-0.25, -0.2) is 4.98 Å². The second-order valence-electron chi connectivity index (χ2n) is 5.36. The summed E-state index contributed by atoms with van der Waals surface area (Å²) in [4.78, 5) is 6.76. The van der Waals surface area contributed by atoms with Gasteiger partial charge in [-0.2, -0.15) is 0 Å². The highest BCUT2D eigenvalue weighted by atomic mass is 79.9. The van der Waals surface area contributed by atoms with Crippen molar-refractivity contribution in [2.75, 3.05) is 18.0 Å². The van der Waals surface area contributed by atoms with Crippen molar-refractivity contribution in [1.29, 1.82) is 0 Å². The Kier molecular flexibility index (Phi) is 4.62. The number of aliphatic hydroxyl groups is 1. The summed E-state index contributed by atoms with van der Waals surface area (Å²) in [5, 5.41) is 9.43. The molecule has 3 nitrogen and oxygen atoms in total. The number of halogens is 1. The molecule has 0 saturated carbocycles. The van der Waals surface area contributed by atoms with Gasteiger partial charge in [0.05, 0.1) is 6.61 Å². The van der Waals surface area contributed by atoms with E-state index in [1.807, 2.05) is 12.3 Å². The van der Waals surface area contributed by atoms with Crippen molar-refractivity contribution in [1.82, 2.24) is 4.98 Å². The minimum absolute atomic E-state index is 0.0475. The van der Waals surface area contributed by atoms with Crippen LogP contribution in [0.3, 0.4) is 0 Å². The molecule has 0 unspecified atom stereocenters. The molecule has 1 saturated heterocycles. The molecule has 0 radical (unpaired) electrons. The van der Waals surface area contributed by atoms with Crippen molar-refractivity contribution in [3.05, 3.63) is 22.3 Å². The lowest BCUT2D eigenvalue weighted by molar-refractivity contribution is 0.279. The van der Waals surface area contributed by atoms with Crippen LogP contribution in [0.4, 0.5) is 5.82 Å². The number of hydrogen-bond donors (Lipinski definition) is 1. The van der Waals surface area contributed by atoms with Crippen LogP contribution in [0.1, 0.15) is 32.3 Å². The van der Waals surface area contributed by atoms with Gasteiger partial charge in [-0.05, 0) is 46.7 Å². The van der Waals surface area contributed by atoms with Crippen molar-refractivity contribution in [2.24, 2.45) is 11.8 Å². The molecule has 1 aromatic heterocycles. The summed E-state index contributed by atoms with van der Waals surface area (Å²) in [6.07, 6.45) is 4.25. The fourth-order valence-electron chi connectivity index (χ4n) is 2.65. The Bertz CT molecular complexity index is 401. The van der Waals surface area contributed by atoms with Crippen LogP contribution in [0.5, 0.6) is 0 Å². The molecular formula is C14H21BrN2O. The zero-order valence-electron chi connectivity index (χ0n) is 11.1. The topological polar surface area (TPSA) is 36.4 Å². The van der Waals surface area contributed by atoms with E-state index in [4.69, 9.17) is 0 Å². The smallest absolute Gasteiger partial charge is 0.134 e. The minimum Gasteiger partial charge on any atom is -0.392 e. The van der Waals surface area contributed by atoms with Gasteiger partial charge >= 0.3 is 0 Å². The zero-order valence-corrected chi connectivity index (χ0v) is 12.7. The second-order valence-corrected chi connectivity index (χ2v) is 6.28. The summed E-state index contributed by atoms with van der Waals surface area (Å²) in [7, 11) is 0. The summed E-state index contributed by atoms with van der Waals surface area (Å²) < 4.78 is 0.923. The zero-order chi connectivity index (χ0) is 13.1. The fourth-order valence-corrected chi connectivity index (χ4v) is 3.03. The molecule has 1 N–H and O–H groups in total. The van der Waals surface area contributed by atoms with E-state index >= 15 is 0 Å². The molecule has 0 bridgehead atoms. The lowest BCUT2D eigenvalue weighted by atomic mass is 9.86. The standard InChI is InChI=1S/C14H21BrN2O/c1-10(2)11-3-5-17(6-4-11)14-12(9-18)7-13(15)8-16-14/h7-8,10-11,18H,3-6,9H2,1-2H3. The van der Waals surface area contributed by atoms with Gasteiger partial charge in [0.25, 0.3) is 0 Å². The van der Waals surface area contributed by atoms with Gasteiger partial charge in [-0.3, -0.25) is 0 Å². The monoisotopic (exact) mass is 312 g/mol. The van der Waals surface area contributed by atoms with E-state index in [0.717, 1.165) is 40.8 Å². The maximum atomic E-state index is 9.43. The van der Waals surface area contributed by atoms with Crippen LogP contribution in [-0.4, -0.2) is 23.2 Å². The van der Waals surface area contributed by atoms with Crippen molar-refractivity contribution >= 4 is 21.7 Å². The molecule has 0 spiro atoms. The summed E-state index contributed by atoms with van der Waals surface area (Å²) in [5.41, 5.74) is 0.910. The van der Waals surface area contributed by atoms with Gasteiger partial charge in [0.2, 0.25) is 0 Å². The van der Waals surface area contributed by atoms with Gasteiger partial charge in [0, 0.05) is 29.3 Å². The molecule has 0 aromatic carbocycles. The van der Waals surface area contributed by atoms with E-state index in [-0.39, 0.29) is 6.61 Å². The average Bonchev–Trinajstić information content (AvgIpc) is 2.38. The third kappa shape index (κ3) is 3.04. The Morgan fingerprint density at radius 3 is 2.67 bits per heavy atom. The van der Waals surface area contributed by atoms with E-state index in [2.05, 4.69) is 39.7 Å². The van der Waals surface area contributed by atoms with Gasteiger partial charge in [0.15, 0.2) is 0 Å². The van der Waals surface area contributed by atoms with Crippen LogP contribution in [-0.2, 0) is 6.61 Å². The predicted molar refractivity (Wildman–Crippen MR) is 77.6 cm³/mol. The highest BCUT2D eigenvalue weighted by Gasteiger charge is 2.23. The largest absolute Gasteiger partial charge is 0.392 e. The molecule has 1 fully saturated rings. The number of pyridine rings is 1. The summed E-state index contributed by atoms with van der Waals surface area (Å²) in [6, 6.07) is 1.96. The Hall–Kier alpha value is -0.610. The molecule has 0 amide bonds. The van der Waals surface area contributed by atoms with Crippen molar-refractivity contribution < 1.29 is 5.11 Å². The van der Waals surface area contributed by atoms with Crippen LogP contribution in [0, 0.1) is 11.8 Å². The first-order valence-electron chi connectivity index (χ1n) is 6.62. The fraction of sp³-hybridized carbons (Fsp3) is 0.643. The van der Waals surface area contributed by atoms with Gasteiger partial charge in [-0.15, -0.1) is 0 Å². The molecule has 2 heterocycles. The lowest BCUT2D eigenvalue weighted by Gasteiger charge is -2.35. The summed E-state index contributed by atoms with van der Waals surface area (Å²) >= 11 is 3.40. The van der Waals surface area contributed by atoms with Crippen LogP contribution in [0.25, 0.3) is 0 Å². The Labute approximate surface area is 117 Å². The summed E-state index contributed by atoms with van der Waals surface area (Å²) in [6.45, 7) is 6.75. The molecule has 2 rings (SSSR count). The molecule has 0 atom stereocenters. The molecule has 1 aromatic rings. The first-order valence-corrected chi connectivity index (χ1v) is 7.41. The molecule has 0 aliphatic carbocycles. The molecule has 100 valence electrons. The van der Waals surface area contributed by atoms with E-state index in [9.17, 15) is 5.11 Å². The first kappa shape index (κ1) is 13.8. The number of piperidine rings is 1. The third-order valence-electron chi connectivity index (χ3n) is 3.86. The van der Waals surface area contributed by atoms with Crippen LogP contribution >= 0.6 is 15.9 Å². The Balaban J connectivity index is 2.09. The number of hydrogen-bond acceptors (Lipinski definition) is 3. The molecule has 1 aliphatic rings. The SMILES string of the molecule is CC(C)C1CCN(c2ncc(Br)cc2CO)CC1. The summed E-state index contributed by atoms with van der Waals surface area (Å²) in [5.74, 6) is 2.54. The second kappa shape index (κ2) is 6.02. The van der Waals surface area contributed by atoms with E-state index < -0.39 is 0 Å². The highest BCUT2D eigenvalue weighted by molar-refractivity contribution is 9.10. The van der Waals surface area contributed by atoms with E-state index in [1.54, 1.807) is 0 Å². The first-order chi connectivity index (χ1) is 8.61. The third-order valence-corrected chi connectivity index (χ3v) is 4.30. The van der Waals surface area contributed by atoms with Gasteiger partial charge < -0.3 is 10.0 Å². The molecule has 1 aliphatic heterocycles. The quantitative estimate of drug-likeness (QED) is 0.931. The van der Waals surface area contributed by atoms with E-state index in [1.165, 1.54) is 12.8 Å². The van der Waals surface area contributed by atoms with E-state index in [0.29, 0.717) is 0 Å². The Morgan fingerprint density at radius 1 is 1.44 bits per heavy atom. The Morgan fingerprint density at radius 2 is 2.11 bits per heavy atom. The maximum absolute atomic E-state index is 9.43. The van der Waals surface area contributed by atoms with Crippen LogP contribution in [0.2, 0.25) is 0 Å². The molecular weight excluding hydrogens is 292 g/mol. The number of anilines is 1. The lowest BCUT2D eigenvalue weighted by Crippen LogP contribution is -2.36. The van der Waals surface area contributed by atoms with Crippen molar-refractivity contribution in [2.45, 2.75) is 33.3 Å². The highest BCUT2D eigenvalue weighted by Crippen LogP contribution is 2.29. The number of nitrogens with zero attached hydrogens (tertiary/aromatic N) is 2. The van der Waals surface area contributed by atoms with Crippen LogP contribution < -0.4 is 4.90 Å². The van der Waals surface area contributed by atoms with Crippen molar-refractivity contribution in [3.8, 4) is 0 Å². The normalized spacial score (nSPS) is 17.5.